The summed E-state index contributed by atoms with van der Waals surface area (Å²) in [6.07, 6.45) is 1.40. The highest BCUT2D eigenvalue weighted by Crippen LogP contribution is 2.20. The quantitative estimate of drug-likeness (QED) is 0.484. The van der Waals surface area contributed by atoms with E-state index in [1.54, 1.807) is 30.3 Å². The first kappa shape index (κ1) is 16.7. The Kier molecular flexibility index (Phi) is 5.87. The third-order valence-electron chi connectivity index (χ3n) is 2.76. The molecule has 2 aromatic rings. The number of carbonyl (C=O) groups excluding carboxylic acids is 1. The molecule has 0 radical (unpaired) electrons. The fraction of sp³-hybridized carbons (Fsp3) is 0.0625. The molecule has 2 rings (SSSR count). The van der Waals surface area contributed by atoms with E-state index in [2.05, 4.69) is 10.5 Å². The van der Waals surface area contributed by atoms with Crippen molar-refractivity contribution < 1.29 is 19.1 Å². The van der Waals surface area contributed by atoms with Gasteiger partial charge >= 0.3 is 5.97 Å². The second-order valence-electron chi connectivity index (χ2n) is 4.44. The highest BCUT2D eigenvalue weighted by Gasteiger charge is 2.05. The first-order valence-corrected chi connectivity index (χ1v) is 7.57. The number of hydrazone groups is 1. The minimum atomic E-state index is -1.01. The number of carbonyl (C=O) groups is 2. The average Bonchev–Trinajstić information content (AvgIpc) is 2.54. The van der Waals surface area contributed by atoms with Gasteiger partial charge in [-0.2, -0.15) is 5.10 Å². The molecule has 0 aromatic heterocycles. The molecule has 0 atom stereocenters. The van der Waals surface area contributed by atoms with E-state index < -0.39 is 5.97 Å². The zero-order valence-corrected chi connectivity index (χ0v) is 12.7. The molecule has 0 aliphatic rings. The van der Waals surface area contributed by atoms with Crippen molar-refractivity contribution in [1.29, 1.82) is 0 Å². The Balaban J connectivity index is 1.82. The van der Waals surface area contributed by atoms with E-state index in [4.69, 9.17) is 5.11 Å². The lowest BCUT2D eigenvalue weighted by Crippen LogP contribution is -2.19. The van der Waals surface area contributed by atoms with Crippen molar-refractivity contribution >= 4 is 29.9 Å². The van der Waals surface area contributed by atoms with E-state index in [1.165, 1.54) is 24.4 Å². The van der Waals surface area contributed by atoms with Gasteiger partial charge in [0, 0.05) is 4.90 Å². The number of nitrogens with one attached hydrogen (secondary N) is 1. The summed E-state index contributed by atoms with van der Waals surface area (Å²) in [4.78, 5) is 22.7. The minimum absolute atomic E-state index is 0.0379. The third-order valence-corrected chi connectivity index (χ3v) is 3.80. The predicted octanol–water partition coefficient (Wildman–Crippen LogP) is 2.77. The number of benzene rings is 2. The molecule has 23 heavy (non-hydrogen) atoms. The van der Waals surface area contributed by atoms with Crippen LogP contribution in [0.1, 0.15) is 15.9 Å². The van der Waals surface area contributed by atoms with Gasteiger partial charge in [0.25, 0.3) is 0 Å². The van der Waals surface area contributed by atoms with Gasteiger partial charge in [-0.05, 0) is 29.8 Å². The first-order chi connectivity index (χ1) is 11.1. The summed E-state index contributed by atoms with van der Waals surface area (Å²) in [5.41, 5.74) is 3.15. The minimum Gasteiger partial charge on any atom is -0.478 e. The van der Waals surface area contributed by atoms with Crippen LogP contribution in [0.4, 0.5) is 4.39 Å². The molecule has 0 unspecified atom stereocenters. The summed E-state index contributed by atoms with van der Waals surface area (Å²) in [6.45, 7) is 0. The number of aromatic carboxylic acids is 1. The fourth-order valence-corrected chi connectivity index (χ4v) is 2.36. The van der Waals surface area contributed by atoms with E-state index in [1.807, 2.05) is 0 Å². The SMILES string of the molecule is O=C(CSc1ccccc1F)N/N=C\c1ccc(C(=O)O)cc1. The molecule has 118 valence electrons. The van der Waals surface area contributed by atoms with Crippen LogP contribution >= 0.6 is 11.8 Å². The summed E-state index contributed by atoms with van der Waals surface area (Å²) < 4.78 is 13.4. The van der Waals surface area contributed by atoms with Crippen LogP contribution in [-0.2, 0) is 4.79 Å². The molecule has 0 aliphatic carbocycles. The van der Waals surface area contributed by atoms with E-state index in [0.717, 1.165) is 11.8 Å². The fourth-order valence-electron chi connectivity index (χ4n) is 1.63. The number of halogens is 1. The molecule has 0 bridgehead atoms. The van der Waals surface area contributed by atoms with Crippen molar-refractivity contribution in [2.75, 3.05) is 5.75 Å². The summed E-state index contributed by atoms with van der Waals surface area (Å²) in [6, 6.07) is 12.3. The summed E-state index contributed by atoms with van der Waals surface area (Å²) >= 11 is 1.08. The van der Waals surface area contributed by atoms with E-state index in [9.17, 15) is 14.0 Å². The van der Waals surface area contributed by atoms with E-state index in [-0.39, 0.29) is 23.0 Å². The summed E-state index contributed by atoms with van der Waals surface area (Å²) in [5, 5.41) is 12.5. The lowest BCUT2D eigenvalue weighted by Gasteiger charge is -2.02. The number of thioether (sulfide) groups is 1. The summed E-state index contributed by atoms with van der Waals surface area (Å²) in [7, 11) is 0. The highest BCUT2D eigenvalue weighted by atomic mass is 32.2. The molecule has 0 saturated heterocycles. The van der Waals surface area contributed by atoms with Crippen LogP contribution in [0.5, 0.6) is 0 Å². The van der Waals surface area contributed by atoms with Crippen LogP contribution in [0.3, 0.4) is 0 Å². The number of carboxylic acid groups (broad SMARTS) is 1. The zero-order chi connectivity index (χ0) is 16.7. The molecule has 7 heteroatoms. The second-order valence-corrected chi connectivity index (χ2v) is 5.46. The number of rotatable bonds is 6. The smallest absolute Gasteiger partial charge is 0.335 e. The van der Waals surface area contributed by atoms with Crippen molar-refractivity contribution in [3.05, 3.63) is 65.5 Å². The lowest BCUT2D eigenvalue weighted by molar-refractivity contribution is -0.118. The average molecular weight is 332 g/mol. The maximum absolute atomic E-state index is 13.4. The lowest BCUT2D eigenvalue weighted by atomic mass is 10.1. The first-order valence-electron chi connectivity index (χ1n) is 6.59. The van der Waals surface area contributed by atoms with Crippen molar-refractivity contribution in [2.45, 2.75) is 4.90 Å². The van der Waals surface area contributed by atoms with Crippen molar-refractivity contribution in [3.63, 3.8) is 0 Å². The van der Waals surface area contributed by atoms with Crippen LogP contribution < -0.4 is 5.43 Å². The number of nitrogens with zero attached hydrogens (tertiary/aromatic N) is 1. The van der Waals surface area contributed by atoms with Crippen LogP contribution in [0.2, 0.25) is 0 Å². The molecule has 0 spiro atoms. The molecule has 1 amide bonds. The van der Waals surface area contributed by atoms with E-state index >= 15 is 0 Å². The van der Waals surface area contributed by atoms with Crippen molar-refractivity contribution in [3.8, 4) is 0 Å². The molecule has 0 aliphatic heterocycles. The predicted molar refractivity (Wildman–Crippen MR) is 86.3 cm³/mol. The van der Waals surface area contributed by atoms with Gasteiger partial charge in [0.05, 0.1) is 17.5 Å². The molecule has 2 aromatic carbocycles. The Morgan fingerprint density at radius 2 is 1.87 bits per heavy atom. The highest BCUT2D eigenvalue weighted by molar-refractivity contribution is 8.00. The zero-order valence-electron chi connectivity index (χ0n) is 11.9. The Bertz CT molecular complexity index is 732. The van der Waals surface area contributed by atoms with Gasteiger partial charge in [-0.1, -0.05) is 24.3 Å². The van der Waals surface area contributed by atoms with Gasteiger partial charge in [-0.25, -0.2) is 14.6 Å². The Hall–Kier alpha value is -2.67. The van der Waals surface area contributed by atoms with Gasteiger partial charge in [-0.3, -0.25) is 4.79 Å². The largest absolute Gasteiger partial charge is 0.478 e. The number of carboxylic acids is 1. The summed E-state index contributed by atoms with van der Waals surface area (Å²) in [5.74, 6) is -1.70. The van der Waals surface area contributed by atoms with Gasteiger partial charge in [0.1, 0.15) is 5.82 Å². The molecule has 5 nitrogen and oxygen atoms in total. The van der Waals surface area contributed by atoms with Gasteiger partial charge in [0.15, 0.2) is 0 Å². The normalized spacial score (nSPS) is 10.7. The maximum atomic E-state index is 13.4. The third kappa shape index (κ3) is 5.23. The van der Waals surface area contributed by atoms with Gasteiger partial charge in [-0.15, -0.1) is 11.8 Å². The van der Waals surface area contributed by atoms with Crippen LogP contribution in [0.25, 0.3) is 0 Å². The standard InChI is InChI=1S/C16H13FN2O3S/c17-13-3-1-2-4-14(13)23-10-15(20)19-18-9-11-5-7-12(8-6-11)16(21)22/h1-9H,10H2,(H,19,20)(H,21,22)/b18-9-. The molecule has 0 heterocycles. The van der Waals surface area contributed by atoms with Gasteiger partial charge < -0.3 is 5.11 Å². The molecular formula is C16H13FN2O3S. The van der Waals surface area contributed by atoms with Gasteiger partial charge in [0.2, 0.25) is 5.91 Å². The molecule has 0 fully saturated rings. The second kappa shape index (κ2) is 8.09. The number of amides is 1. The molecule has 2 N–H and O–H groups in total. The maximum Gasteiger partial charge on any atom is 0.335 e. The Morgan fingerprint density at radius 1 is 1.17 bits per heavy atom. The molecular weight excluding hydrogens is 319 g/mol. The van der Waals surface area contributed by atoms with Crippen molar-refractivity contribution in [2.24, 2.45) is 5.10 Å². The molecule has 0 saturated carbocycles. The number of hydrogen-bond donors (Lipinski definition) is 2. The Morgan fingerprint density at radius 3 is 2.52 bits per heavy atom. The van der Waals surface area contributed by atoms with Crippen molar-refractivity contribution in [1.82, 2.24) is 5.43 Å². The van der Waals surface area contributed by atoms with Crippen LogP contribution in [-0.4, -0.2) is 29.0 Å². The van der Waals surface area contributed by atoms with E-state index in [0.29, 0.717) is 10.5 Å². The topological polar surface area (TPSA) is 78.8 Å². The van der Waals surface area contributed by atoms with Crippen LogP contribution in [0, 0.1) is 5.82 Å². The monoisotopic (exact) mass is 332 g/mol. The number of hydrogen-bond acceptors (Lipinski definition) is 4. The van der Waals surface area contributed by atoms with Crippen LogP contribution in [0.15, 0.2) is 58.5 Å². The Labute approximate surface area is 136 Å².